The van der Waals surface area contributed by atoms with Gasteiger partial charge < -0.3 is 16.0 Å². The molecule has 0 spiro atoms. The molecule has 0 amide bonds. The summed E-state index contributed by atoms with van der Waals surface area (Å²) in [6, 6.07) is 0. The van der Waals surface area contributed by atoms with E-state index in [1.54, 1.807) is 0 Å². The van der Waals surface area contributed by atoms with Crippen molar-refractivity contribution in [3.8, 4) is 0 Å². The third-order valence-electron chi connectivity index (χ3n) is 3.49. The molecule has 3 nitrogen and oxygen atoms in total. The van der Waals surface area contributed by atoms with Gasteiger partial charge in [0.25, 0.3) is 0 Å². The van der Waals surface area contributed by atoms with E-state index in [4.69, 9.17) is 11.5 Å². The molecule has 1 atom stereocenters. The average Bonchev–Trinajstić information content (AvgIpc) is 2.44. The van der Waals surface area contributed by atoms with Crippen molar-refractivity contribution >= 4 is 0 Å². The Morgan fingerprint density at radius 3 is 2.93 bits per heavy atom. The normalized spacial score (nSPS) is 26.3. The van der Waals surface area contributed by atoms with Gasteiger partial charge in [0.1, 0.15) is 0 Å². The Labute approximate surface area is 85.1 Å². The first kappa shape index (κ1) is 9.74. The summed E-state index contributed by atoms with van der Waals surface area (Å²) in [4.78, 5) is 0. The smallest absolute Gasteiger partial charge is 0.0554 e. The van der Waals surface area contributed by atoms with Crippen LogP contribution >= 0.6 is 0 Å². The number of rotatable bonds is 1. The van der Waals surface area contributed by atoms with E-state index in [1.165, 1.54) is 16.8 Å². The monoisotopic (exact) mass is 193 g/mol. The van der Waals surface area contributed by atoms with Gasteiger partial charge >= 0.3 is 0 Å². The summed E-state index contributed by atoms with van der Waals surface area (Å²) >= 11 is 0. The molecule has 0 radical (unpaired) electrons. The fourth-order valence-corrected chi connectivity index (χ4v) is 2.60. The van der Waals surface area contributed by atoms with E-state index in [-0.39, 0.29) is 5.54 Å². The lowest BCUT2D eigenvalue weighted by Crippen LogP contribution is -2.46. The van der Waals surface area contributed by atoms with Gasteiger partial charge in [-0.25, -0.2) is 0 Å². The SMILES string of the molecule is Cc1c2c(cn1C)CCCC2(N)CN. The van der Waals surface area contributed by atoms with Gasteiger partial charge in [-0.05, 0) is 37.3 Å². The van der Waals surface area contributed by atoms with Gasteiger partial charge in [-0.15, -0.1) is 0 Å². The molecule has 1 aliphatic carbocycles. The standard InChI is InChI=1S/C11H19N3/c1-8-10-9(6-14(8)2)4-3-5-11(10,13)7-12/h6H,3-5,7,12-13H2,1-2H3. The molecule has 0 fully saturated rings. The summed E-state index contributed by atoms with van der Waals surface area (Å²) in [5, 5.41) is 0. The molecule has 14 heavy (non-hydrogen) atoms. The molecular formula is C11H19N3. The molecule has 3 heteroatoms. The molecule has 0 bridgehead atoms. The Morgan fingerprint density at radius 2 is 2.29 bits per heavy atom. The van der Waals surface area contributed by atoms with Crippen molar-refractivity contribution in [2.24, 2.45) is 18.5 Å². The van der Waals surface area contributed by atoms with Gasteiger partial charge in [0.15, 0.2) is 0 Å². The number of aromatic nitrogens is 1. The number of hydrogen-bond acceptors (Lipinski definition) is 2. The van der Waals surface area contributed by atoms with E-state index in [9.17, 15) is 0 Å². The molecule has 2 rings (SSSR count). The van der Waals surface area contributed by atoms with E-state index in [0.717, 1.165) is 19.3 Å². The van der Waals surface area contributed by atoms with Gasteiger partial charge in [0.05, 0.1) is 5.54 Å². The zero-order valence-electron chi connectivity index (χ0n) is 9.01. The Hall–Kier alpha value is -0.800. The Bertz CT molecular complexity index is 354. The minimum absolute atomic E-state index is 0.279. The Balaban J connectivity index is 2.58. The number of fused-ring (bicyclic) bond motifs is 1. The molecule has 0 saturated heterocycles. The van der Waals surface area contributed by atoms with Crippen LogP contribution in [0.2, 0.25) is 0 Å². The molecule has 1 aromatic heterocycles. The van der Waals surface area contributed by atoms with E-state index in [1.807, 2.05) is 0 Å². The van der Waals surface area contributed by atoms with Crippen molar-refractivity contribution in [3.05, 3.63) is 23.0 Å². The van der Waals surface area contributed by atoms with E-state index < -0.39 is 0 Å². The first-order valence-corrected chi connectivity index (χ1v) is 5.23. The highest BCUT2D eigenvalue weighted by atomic mass is 15.0. The van der Waals surface area contributed by atoms with Crippen LogP contribution in [-0.2, 0) is 19.0 Å². The number of aryl methyl sites for hydroxylation is 2. The van der Waals surface area contributed by atoms with Gasteiger partial charge in [0, 0.05) is 25.5 Å². The zero-order valence-corrected chi connectivity index (χ0v) is 9.01. The molecule has 1 heterocycles. The minimum Gasteiger partial charge on any atom is -0.354 e. The maximum absolute atomic E-state index is 6.35. The number of hydrogen-bond donors (Lipinski definition) is 2. The van der Waals surface area contributed by atoms with Crippen molar-refractivity contribution in [1.82, 2.24) is 4.57 Å². The maximum atomic E-state index is 6.35. The average molecular weight is 193 g/mol. The number of nitrogens with zero attached hydrogens (tertiary/aromatic N) is 1. The van der Waals surface area contributed by atoms with Crippen LogP contribution in [0.1, 0.15) is 29.7 Å². The van der Waals surface area contributed by atoms with Crippen molar-refractivity contribution in [2.75, 3.05) is 6.54 Å². The highest BCUT2D eigenvalue weighted by molar-refractivity contribution is 5.40. The highest BCUT2D eigenvalue weighted by Gasteiger charge is 2.34. The van der Waals surface area contributed by atoms with Gasteiger partial charge in [0.2, 0.25) is 0 Å². The van der Waals surface area contributed by atoms with Gasteiger partial charge in [-0.1, -0.05) is 0 Å². The first-order chi connectivity index (χ1) is 6.58. The van der Waals surface area contributed by atoms with Crippen LogP contribution in [0.15, 0.2) is 6.20 Å². The Kier molecular flexibility index (Phi) is 2.16. The van der Waals surface area contributed by atoms with E-state index in [2.05, 4.69) is 24.7 Å². The van der Waals surface area contributed by atoms with Crippen LogP contribution in [0.4, 0.5) is 0 Å². The van der Waals surface area contributed by atoms with Crippen LogP contribution in [0.25, 0.3) is 0 Å². The fourth-order valence-electron chi connectivity index (χ4n) is 2.60. The summed E-state index contributed by atoms with van der Waals surface area (Å²) in [6.07, 6.45) is 5.52. The van der Waals surface area contributed by atoms with Crippen LogP contribution in [0, 0.1) is 6.92 Å². The molecule has 0 aromatic carbocycles. The topological polar surface area (TPSA) is 57.0 Å². The van der Waals surface area contributed by atoms with Gasteiger partial charge in [-0.2, -0.15) is 0 Å². The Morgan fingerprint density at radius 1 is 1.57 bits per heavy atom. The molecule has 1 unspecified atom stereocenters. The van der Waals surface area contributed by atoms with Crippen LogP contribution in [0.3, 0.4) is 0 Å². The second-order valence-corrected chi connectivity index (χ2v) is 4.44. The van der Waals surface area contributed by atoms with Crippen molar-refractivity contribution < 1.29 is 0 Å². The fraction of sp³-hybridized carbons (Fsp3) is 0.636. The van der Waals surface area contributed by atoms with Crippen molar-refractivity contribution in [3.63, 3.8) is 0 Å². The first-order valence-electron chi connectivity index (χ1n) is 5.23. The maximum Gasteiger partial charge on any atom is 0.0554 e. The third-order valence-corrected chi connectivity index (χ3v) is 3.49. The predicted molar refractivity (Wildman–Crippen MR) is 58.0 cm³/mol. The molecule has 78 valence electrons. The third kappa shape index (κ3) is 1.20. The number of nitrogens with two attached hydrogens (primary N) is 2. The lowest BCUT2D eigenvalue weighted by Gasteiger charge is -2.33. The van der Waals surface area contributed by atoms with E-state index in [0.29, 0.717) is 6.54 Å². The lowest BCUT2D eigenvalue weighted by molar-refractivity contribution is 0.381. The molecule has 1 aliphatic rings. The largest absolute Gasteiger partial charge is 0.354 e. The molecule has 4 N–H and O–H groups in total. The predicted octanol–water partition coefficient (Wildman–Crippen LogP) is 0.783. The lowest BCUT2D eigenvalue weighted by atomic mass is 9.78. The van der Waals surface area contributed by atoms with Gasteiger partial charge in [-0.3, -0.25) is 0 Å². The van der Waals surface area contributed by atoms with Crippen LogP contribution in [0.5, 0.6) is 0 Å². The minimum atomic E-state index is -0.279. The summed E-state index contributed by atoms with van der Waals surface area (Å²) in [5.74, 6) is 0. The quantitative estimate of drug-likeness (QED) is 0.692. The summed E-state index contributed by atoms with van der Waals surface area (Å²) in [7, 11) is 2.07. The van der Waals surface area contributed by atoms with E-state index >= 15 is 0 Å². The molecule has 1 aromatic rings. The summed E-state index contributed by atoms with van der Waals surface area (Å²) < 4.78 is 2.16. The molecule has 0 aliphatic heterocycles. The van der Waals surface area contributed by atoms with Crippen LogP contribution in [-0.4, -0.2) is 11.1 Å². The highest BCUT2D eigenvalue weighted by Crippen LogP contribution is 2.35. The molecule has 0 saturated carbocycles. The van der Waals surface area contributed by atoms with Crippen molar-refractivity contribution in [1.29, 1.82) is 0 Å². The summed E-state index contributed by atoms with van der Waals surface area (Å²) in [5.41, 5.74) is 15.8. The summed E-state index contributed by atoms with van der Waals surface area (Å²) in [6.45, 7) is 2.67. The second kappa shape index (κ2) is 3.11. The van der Waals surface area contributed by atoms with Crippen LogP contribution < -0.4 is 11.5 Å². The zero-order chi connectivity index (χ0) is 10.3. The second-order valence-electron chi connectivity index (χ2n) is 4.44. The van der Waals surface area contributed by atoms with Crippen molar-refractivity contribution in [2.45, 2.75) is 31.7 Å². The molecular weight excluding hydrogens is 174 g/mol.